The molecule has 0 fully saturated rings. The second-order valence-electron chi connectivity index (χ2n) is 6.56. The van der Waals surface area contributed by atoms with E-state index in [9.17, 15) is 19.5 Å². The number of amides is 1. The number of nitrogens with zero attached hydrogens (tertiary/aromatic N) is 1. The third kappa shape index (κ3) is 5.45. The molecule has 1 aromatic heterocycles. The normalized spacial score (nSPS) is 10.5. The van der Waals surface area contributed by atoms with E-state index < -0.39 is 11.9 Å². The van der Waals surface area contributed by atoms with Crippen molar-refractivity contribution >= 4 is 17.8 Å². The Morgan fingerprint density at radius 1 is 1.07 bits per heavy atom. The maximum atomic E-state index is 12.7. The lowest BCUT2D eigenvalue weighted by Gasteiger charge is -2.24. The van der Waals surface area contributed by atoms with Crippen molar-refractivity contribution in [1.29, 1.82) is 0 Å². The summed E-state index contributed by atoms with van der Waals surface area (Å²) in [4.78, 5) is 40.2. The molecule has 2 rings (SSSR count). The van der Waals surface area contributed by atoms with Crippen molar-refractivity contribution in [2.45, 2.75) is 46.7 Å². The van der Waals surface area contributed by atoms with Gasteiger partial charge in [0.2, 0.25) is 5.91 Å². The molecular formula is C21H25N2O5-. The van der Waals surface area contributed by atoms with Crippen molar-refractivity contribution in [2.24, 2.45) is 0 Å². The summed E-state index contributed by atoms with van der Waals surface area (Å²) in [6.07, 6.45) is -0.467. The quantitative estimate of drug-likeness (QED) is 0.664. The van der Waals surface area contributed by atoms with E-state index in [-0.39, 0.29) is 31.9 Å². The van der Waals surface area contributed by atoms with Crippen molar-refractivity contribution in [3.05, 3.63) is 58.4 Å². The van der Waals surface area contributed by atoms with E-state index in [1.165, 1.54) is 0 Å². The highest BCUT2D eigenvalue weighted by atomic mass is 16.5. The first-order valence-corrected chi connectivity index (χ1v) is 9.20. The lowest BCUT2D eigenvalue weighted by molar-refractivity contribution is -0.305. The number of aromatic nitrogens is 1. The van der Waals surface area contributed by atoms with Crippen LogP contribution in [0.3, 0.4) is 0 Å². The van der Waals surface area contributed by atoms with E-state index in [1.54, 1.807) is 18.7 Å². The van der Waals surface area contributed by atoms with Gasteiger partial charge in [0.25, 0.3) is 0 Å². The number of aromatic amines is 1. The molecule has 0 unspecified atom stereocenters. The van der Waals surface area contributed by atoms with Gasteiger partial charge in [0.05, 0.1) is 6.61 Å². The Hall–Kier alpha value is -3.09. The maximum absolute atomic E-state index is 12.7. The van der Waals surface area contributed by atoms with Gasteiger partial charge in [-0.2, -0.15) is 0 Å². The Balaban J connectivity index is 2.27. The van der Waals surface area contributed by atoms with E-state index in [0.29, 0.717) is 12.2 Å². The van der Waals surface area contributed by atoms with Gasteiger partial charge in [0.1, 0.15) is 5.69 Å². The largest absolute Gasteiger partial charge is 0.550 e. The molecule has 0 aliphatic rings. The van der Waals surface area contributed by atoms with E-state index in [2.05, 4.69) is 4.98 Å². The molecule has 1 amide bonds. The van der Waals surface area contributed by atoms with Crippen molar-refractivity contribution in [3.63, 3.8) is 0 Å². The van der Waals surface area contributed by atoms with Gasteiger partial charge < -0.3 is 24.5 Å². The molecule has 2 aromatic rings. The summed E-state index contributed by atoms with van der Waals surface area (Å²) in [5, 5.41) is 10.8. The van der Waals surface area contributed by atoms with Gasteiger partial charge in [-0.3, -0.25) is 4.79 Å². The Morgan fingerprint density at radius 2 is 1.75 bits per heavy atom. The van der Waals surface area contributed by atoms with Crippen LogP contribution in [0.2, 0.25) is 0 Å². The van der Waals surface area contributed by atoms with Crippen LogP contribution in [-0.2, 0) is 27.4 Å². The molecule has 0 spiro atoms. The molecule has 150 valence electrons. The molecule has 0 aliphatic heterocycles. The van der Waals surface area contributed by atoms with Gasteiger partial charge in [0.15, 0.2) is 0 Å². The van der Waals surface area contributed by atoms with Gasteiger partial charge in [-0.1, -0.05) is 30.3 Å². The number of aliphatic carboxylic acids is 1. The third-order valence-corrected chi connectivity index (χ3v) is 4.53. The fourth-order valence-corrected chi connectivity index (χ4v) is 3.03. The Morgan fingerprint density at radius 3 is 2.36 bits per heavy atom. The van der Waals surface area contributed by atoms with Crippen molar-refractivity contribution in [3.8, 4) is 0 Å². The van der Waals surface area contributed by atoms with E-state index >= 15 is 0 Å². The van der Waals surface area contributed by atoms with Crippen LogP contribution in [0.25, 0.3) is 0 Å². The number of rotatable bonds is 9. The first-order valence-electron chi connectivity index (χ1n) is 9.20. The number of carbonyl (C=O) groups is 3. The number of ether oxygens (including phenoxy) is 1. The minimum atomic E-state index is -1.26. The summed E-state index contributed by atoms with van der Waals surface area (Å²) in [5.74, 6) is -1.98. The van der Waals surface area contributed by atoms with Gasteiger partial charge in [0, 0.05) is 31.2 Å². The summed E-state index contributed by atoms with van der Waals surface area (Å²) < 4.78 is 5.07. The molecule has 7 nitrogen and oxygen atoms in total. The number of esters is 1. The molecule has 7 heteroatoms. The molecule has 0 saturated carbocycles. The summed E-state index contributed by atoms with van der Waals surface area (Å²) >= 11 is 0. The van der Waals surface area contributed by atoms with Gasteiger partial charge in [-0.05, 0) is 43.9 Å². The zero-order valence-electron chi connectivity index (χ0n) is 16.4. The highest BCUT2D eigenvalue weighted by molar-refractivity contribution is 5.90. The SMILES string of the molecule is CCOC(=O)c1[nH]c(C)c(CN(Cc2ccccc2)C(=O)CCC(=O)[O-])c1C. The molecule has 1 aromatic carbocycles. The predicted molar refractivity (Wildman–Crippen MR) is 101 cm³/mol. The zero-order valence-corrected chi connectivity index (χ0v) is 16.4. The van der Waals surface area contributed by atoms with E-state index in [4.69, 9.17) is 4.74 Å². The van der Waals surface area contributed by atoms with Crippen LogP contribution in [-0.4, -0.2) is 34.3 Å². The minimum absolute atomic E-state index is 0.136. The van der Waals surface area contributed by atoms with Gasteiger partial charge >= 0.3 is 5.97 Å². The highest BCUT2D eigenvalue weighted by Crippen LogP contribution is 2.22. The average Bonchev–Trinajstić information content (AvgIpc) is 2.94. The summed E-state index contributed by atoms with van der Waals surface area (Å²) in [5.41, 5.74) is 3.62. The molecule has 0 saturated heterocycles. The summed E-state index contributed by atoms with van der Waals surface area (Å²) in [6, 6.07) is 9.45. The summed E-state index contributed by atoms with van der Waals surface area (Å²) in [6.45, 7) is 6.24. The molecular weight excluding hydrogens is 360 g/mol. The lowest BCUT2D eigenvalue weighted by Crippen LogP contribution is -2.32. The number of carbonyl (C=O) groups excluding carboxylic acids is 3. The number of H-pyrrole nitrogens is 1. The van der Waals surface area contributed by atoms with Crippen molar-refractivity contribution in [1.82, 2.24) is 9.88 Å². The average molecular weight is 385 g/mol. The lowest BCUT2D eigenvalue weighted by atomic mass is 10.1. The standard InChI is InChI=1S/C21H26N2O5/c1-4-28-21(27)20-14(2)17(15(3)22-20)13-23(18(24)10-11-19(25)26)12-16-8-6-5-7-9-16/h5-9,22H,4,10-13H2,1-3H3,(H,25,26)/p-1. The number of aryl methyl sites for hydroxylation is 1. The Labute approximate surface area is 164 Å². The molecule has 0 aliphatic carbocycles. The number of hydrogen-bond donors (Lipinski definition) is 1. The summed E-state index contributed by atoms with van der Waals surface area (Å²) in [7, 11) is 0. The van der Waals surface area contributed by atoms with E-state index in [1.807, 2.05) is 37.3 Å². The fourth-order valence-electron chi connectivity index (χ4n) is 3.03. The molecule has 1 heterocycles. The Kier molecular flexibility index (Phi) is 7.37. The fraction of sp³-hybridized carbons (Fsp3) is 0.381. The molecule has 0 bridgehead atoms. The number of hydrogen-bond acceptors (Lipinski definition) is 5. The number of benzene rings is 1. The molecule has 0 radical (unpaired) electrons. The van der Waals surface area contributed by atoms with Crippen LogP contribution in [0, 0.1) is 13.8 Å². The minimum Gasteiger partial charge on any atom is -0.550 e. The van der Waals surface area contributed by atoms with Crippen LogP contribution >= 0.6 is 0 Å². The topological polar surface area (TPSA) is 103 Å². The number of carboxylic acid groups (broad SMARTS) is 1. The molecule has 0 atom stereocenters. The number of carboxylic acids is 1. The van der Waals surface area contributed by atoms with Crippen molar-refractivity contribution in [2.75, 3.05) is 6.61 Å². The maximum Gasteiger partial charge on any atom is 0.355 e. The highest BCUT2D eigenvalue weighted by Gasteiger charge is 2.22. The second kappa shape index (κ2) is 9.73. The predicted octanol–water partition coefficient (Wildman–Crippen LogP) is 1.87. The van der Waals surface area contributed by atoms with Crippen LogP contribution < -0.4 is 5.11 Å². The first-order chi connectivity index (χ1) is 13.3. The van der Waals surface area contributed by atoms with Crippen LogP contribution in [0.5, 0.6) is 0 Å². The van der Waals surface area contributed by atoms with E-state index in [0.717, 1.165) is 22.4 Å². The monoisotopic (exact) mass is 385 g/mol. The van der Waals surface area contributed by atoms with Gasteiger partial charge in [-0.15, -0.1) is 0 Å². The molecule has 1 N–H and O–H groups in total. The van der Waals surface area contributed by atoms with Gasteiger partial charge in [-0.25, -0.2) is 4.79 Å². The smallest absolute Gasteiger partial charge is 0.355 e. The van der Waals surface area contributed by atoms with Crippen LogP contribution in [0.4, 0.5) is 0 Å². The number of nitrogens with one attached hydrogen (secondary N) is 1. The zero-order chi connectivity index (χ0) is 20.7. The molecule has 28 heavy (non-hydrogen) atoms. The Bertz CT molecular complexity index is 842. The van der Waals surface area contributed by atoms with Crippen molar-refractivity contribution < 1.29 is 24.2 Å². The second-order valence-corrected chi connectivity index (χ2v) is 6.56. The van der Waals surface area contributed by atoms with Crippen LogP contribution in [0.15, 0.2) is 30.3 Å². The third-order valence-electron chi connectivity index (χ3n) is 4.53. The van der Waals surface area contributed by atoms with Crippen LogP contribution in [0.1, 0.15) is 52.6 Å². The first kappa shape index (κ1) is 21.2.